The van der Waals surface area contributed by atoms with E-state index in [-0.39, 0.29) is 0 Å². The molecule has 3 fully saturated rings. The van der Waals surface area contributed by atoms with Gasteiger partial charge in [-0.15, -0.1) is 0 Å². The molecule has 1 aromatic rings. The van der Waals surface area contributed by atoms with Gasteiger partial charge >= 0.3 is 0 Å². The smallest absolute Gasteiger partial charge is 0.117 e. The summed E-state index contributed by atoms with van der Waals surface area (Å²) in [6.07, 6.45) is 4.54. The summed E-state index contributed by atoms with van der Waals surface area (Å²) in [4.78, 5) is 0. The molecule has 3 aliphatic carbocycles. The lowest BCUT2D eigenvalue weighted by Crippen LogP contribution is -2.59. The van der Waals surface area contributed by atoms with Crippen LogP contribution >= 0.6 is 0 Å². The highest BCUT2D eigenvalue weighted by molar-refractivity contribution is 5.07. The Morgan fingerprint density at radius 2 is 2.24 bits per heavy atom. The van der Waals surface area contributed by atoms with E-state index in [0.29, 0.717) is 11.5 Å². The van der Waals surface area contributed by atoms with Crippen molar-refractivity contribution in [2.75, 3.05) is 0 Å². The van der Waals surface area contributed by atoms with E-state index in [2.05, 4.69) is 26.1 Å². The molecular weight excluding hydrogens is 210 g/mol. The van der Waals surface area contributed by atoms with Crippen LogP contribution in [0.1, 0.15) is 39.4 Å². The molecule has 0 aromatic carbocycles. The predicted octanol–water partition coefficient (Wildman–Crippen LogP) is 3.44. The Morgan fingerprint density at radius 1 is 1.41 bits per heavy atom. The zero-order valence-corrected chi connectivity index (χ0v) is 11.1. The third-order valence-electron chi connectivity index (χ3n) is 5.47. The third kappa shape index (κ3) is 1.74. The number of rotatable bonds is 3. The van der Waals surface area contributed by atoms with E-state index in [1.54, 1.807) is 6.26 Å². The number of hydrogen-bond donors (Lipinski definition) is 1. The Labute approximate surface area is 104 Å². The van der Waals surface area contributed by atoms with E-state index >= 15 is 0 Å². The highest BCUT2D eigenvalue weighted by atomic mass is 16.3. The van der Waals surface area contributed by atoms with Crippen molar-refractivity contribution in [1.29, 1.82) is 0 Å². The molecule has 94 valence electrons. The second kappa shape index (κ2) is 3.88. The largest absolute Gasteiger partial charge is 0.468 e. The molecule has 0 saturated heterocycles. The van der Waals surface area contributed by atoms with Crippen molar-refractivity contribution in [3.8, 4) is 0 Å². The normalized spacial score (nSPS) is 38.8. The highest BCUT2D eigenvalue weighted by Gasteiger charge is 2.55. The maximum atomic E-state index is 5.38. The van der Waals surface area contributed by atoms with Gasteiger partial charge in [-0.1, -0.05) is 20.8 Å². The fraction of sp³-hybridized carbons (Fsp3) is 0.733. The van der Waals surface area contributed by atoms with Gasteiger partial charge in [-0.25, -0.2) is 0 Å². The summed E-state index contributed by atoms with van der Waals surface area (Å²) in [6.45, 7) is 8.19. The van der Waals surface area contributed by atoms with Gasteiger partial charge in [-0.05, 0) is 48.1 Å². The zero-order valence-electron chi connectivity index (χ0n) is 11.1. The van der Waals surface area contributed by atoms with Crippen molar-refractivity contribution in [1.82, 2.24) is 5.32 Å². The average Bonchev–Trinajstić information content (AvgIpc) is 2.79. The van der Waals surface area contributed by atoms with Crippen molar-refractivity contribution in [3.63, 3.8) is 0 Å². The fourth-order valence-electron chi connectivity index (χ4n) is 4.06. The van der Waals surface area contributed by atoms with Crippen molar-refractivity contribution in [2.24, 2.45) is 23.2 Å². The standard InChI is InChI=1S/C15H23NO/c1-10-13-7-11(15(13,2)3)8-14(10)16-9-12-5-4-6-17-12/h4-6,10-11,13-14,16H,7-9H2,1-3H3. The Bertz CT molecular complexity index is 382. The van der Waals surface area contributed by atoms with Gasteiger partial charge in [0.25, 0.3) is 0 Å². The molecule has 3 aliphatic rings. The Morgan fingerprint density at radius 3 is 2.82 bits per heavy atom. The van der Waals surface area contributed by atoms with Gasteiger partial charge in [0.05, 0.1) is 12.8 Å². The van der Waals surface area contributed by atoms with Crippen LogP contribution in [-0.2, 0) is 6.54 Å². The molecule has 1 heterocycles. The summed E-state index contributed by atoms with van der Waals surface area (Å²) in [5.41, 5.74) is 0.586. The van der Waals surface area contributed by atoms with E-state index in [1.165, 1.54) is 12.8 Å². The minimum absolute atomic E-state index is 0.586. The first-order valence-electron chi connectivity index (χ1n) is 6.85. The van der Waals surface area contributed by atoms with Crippen molar-refractivity contribution in [3.05, 3.63) is 24.2 Å². The number of hydrogen-bond acceptors (Lipinski definition) is 2. The maximum Gasteiger partial charge on any atom is 0.117 e. The van der Waals surface area contributed by atoms with Crippen molar-refractivity contribution >= 4 is 0 Å². The molecule has 1 aromatic heterocycles. The van der Waals surface area contributed by atoms with Crippen LogP contribution in [0, 0.1) is 23.2 Å². The van der Waals surface area contributed by atoms with Gasteiger partial charge in [-0.2, -0.15) is 0 Å². The van der Waals surface area contributed by atoms with Gasteiger partial charge in [0, 0.05) is 6.04 Å². The average molecular weight is 233 g/mol. The molecule has 0 radical (unpaired) electrons. The zero-order chi connectivity index (χ0) is 12.0. The minimum atomic E-state index is 0.586. The lowest BCUT2D eigenvalue weighted by molar-refractivity contribution is -0.115. The predicted molar refractivity (Wildman–Crippen MR) is 68.5 cm³/mol. The van der Waals surface area contributed by atoms with Crippen LogP contribution < -0.4 is 5.32 Å². The maximum absolute atomic E-state index is 5.38. The molecule has 17 heavy (non-hydrogen) atoms. The summed E-state index contributed by atoms with van der Waals surface area (Å²) in [5, 5.41) is 3.68. The molecule has 1 N–H and O–H groups in total. The van der Waals surface area contributed by atoms with Crippen LogP contribution in [0.4, 0.5) is 0 Å². The second-order valence-corrected chi connectivity index (χ2v) is 6.52. The Hall–Kier alpha value is -0.760. The molecule has 4 atom stereocenters. The number of fused-ring (bicyclic) bond motifs is 2. The van der Waals surface area contributed by atoms with Crippen LogP contribution in [0.2, 0.25) is 0 Å². The minimum Gasteiger partial charge on any atom is -0.468 e. The highest BCUT2D eigenvalue weighted by Crippen LogP contribution is 2.61. The lowest BCUT2D eigenvalue weighted by atomic mass is 9.45. The fourth-order valence-corrected chi connectivity index (χ4v) is 4.06. The lowest BCUT2D eigenvalue weighted by Gasteiger charge is -2.62. The topological polar surface area (TPSA) is 25.2 Å². The van der Waals surface area contributed by atoms with Crippen LogP contribution in [-0.4, -0.2) is 6.04 Å². The van der Waals surface area contributed by atoms with Crippen LogP contribution in [0.5, 0.6) is 0 Å². The summed E-state index contributed by atoms with van der Waals surface area (Å²) >= 11 is 0. The molecule has 4 unspecified atom stereocenters. The van der Waals surface area contributed by atoms with Crippen LogP contribution in [0.15, 0.2) is 22.8 Å². The van der Waals surface area contributed by atoms with Crippen LogP contribution in [0.3, 0.4) is 0 Å². The van der Waals surface area contributed by atoms with E-state index < -0.39 is 0 Å². The van der Waals surface area contributed by atoms with Gasteiger partial charge in [0.15, 0.2) is 0 Å². The quantitative estimate of drug-likeness (QED) is 0.865. The van der Waals surface area contributed by atoms with Gasteiger partial charge in [0.1, 0.15) is 5.76 Å². The van der Waals surface area contributed by atoms with E-state index in [1.807, 2.05) is 12.1 Å². The van der Waals surface area contributed by atoms with E-state index in [0.717, 1.165) is 30.1 Å². The number of furan rings is 1. The van der Waals surface area contributed by atoms with Crippen molar-refractivity contribution < 1.29 is 4.42 Å². The van der Waals surface area contributed by atoms with Crippen LogP contribution in [0.25, 0.3) is 0 Å². The molecule has 2 heteroatoms. The van der Waals surface area contributed by atoms with Crippen molar-refractivity contribution in [2.45, 2.75) is 46.2 Å². The SMILES string of the molecule is CC1C(NCc2ccco2)CC2CC1C2(C)C. The molecule has 2 nitrogen and oxygen atoms in total. The third-order valence-corrected chi connectivity index (χ3v) is 5.47. The summed E-state index contributed by atoms with van der Waals surface area (Å²) in [5.74, 6) is 3.69. The molecular formula is C15H23NO. The monoisotopic (exact) mass is 233 g/mol. The first kappa shape index (κ1) is 11.3. The number of nitrogens with one attached hydrogen (secondary N) is 1. The van der Waals surface area contributed by atoms with E-state index in [4.69, 9.17) is 4.42 Å². The molecule has 2 bridgehead atoms. The molecule has 3 saturated carbocycles. The Balaban J connectivity index is 1.60. The molecule has 0 aliphatic heterocycles. The van der Waals surface area contributed by atoms with E-state index in [9.17, 15) is 0 Å². The Kier molecular flexibility index (Phi) is 2.58. The summed E-state index contributed by atoms with van der Waals surface area (Å²) < 4.78 is 5.38. The molecule has 0 spiro atoms. The first-order valence-corrected chi connectivity index (χ1v) is 6.85. The molecule has 4 rings (SSSR count). The van der Waals surface area contributed by atoms with Gasteiger partial charge in [0.2, 0.25) is 0 Å². The second-order valence-electron chi connectivity index (χ2n) is 6.52. The van der Waals surface area contributed by atoms with Gasteiger partial charge < -0.3 is 9.73 Å². The molecule has 0 amide bonds. The van der Waals surface area contributed by atoms with Gasteiger partial charge in [-0.3, -0.25) is 0 Å². The summed E-state index contributed by atoms with van der Waals surface area (Å²) in [6, 6.07) is 4.68. The first-order chi connectivity index (χ1) is 8.09. The summed E-state index contributed by atoms with van der Waals surface area (Å²) in [7, 11) is 0.